The van der Waals surface area contributed by atoms with Crippen molar-refractivity contribution in [2.24, 2.45) is 23.7 Å². The quantitative estimate of drug-likeness (QED) is 0.318. The molecule has 4 rings (SSSR count). The molecule has 0 aliphatic heterocycles. The molecule has 6 nitrogen and oxygen atoms in total. The Hall–Kier alpha value is -0.326. The Labute approximate surface area is 191 Å². The molecule has 0 spiro atoms. The van der Waals surface area contributed by atoms with Crippen molar-refractivity contribution in [1.82, 2.24) is 0 Å². The van der Waals surface area contributed by atoms with Crippen LogP contribution in [0.4, 0.5) is 0 Å². The summed E-state index contributed by atoms with van der Waals surface area (Å²) in [4.78, 5) is 0. The lowest BCUT2D eigenvalue weighted by Gasteiger charge is -2.36. The fourth-order valence-electron chi connectivity index (χ4n) is 6.13. The molecule has 8 heteroatoms. The van der Waals surface area contributed by atoms with Gasteiger partial charge in [0.25, 0.3) is 0 Å². The summed E-state index contributed by atoms with van der Waals surface area (Å²) in [5.74, 6) is 2.71. The van der Waals surface area contributed by atoms with Crippen LogP contribution in [0.15, 0.2) is 24.3 Å². The van der Waals surface area contributed by atoms with E-state index < -0.39 is 17.6 Å². The van der Waals surface area contributed by atoms with Gasteiger partial charge in [-0.3, -0.25) is 0 Å². The zero-order chi connectivity index (χ0) is 22.5. The van der Waals surface area contributed by atoms with E-state index >= 15 is 0 Å². The van der Waals surface area contributed by atoms with Crippen LogP contribution in [0, 0.1) is 23.7 Å². The van der Waals surface area contributed by atoms with E-state index in [0.29, 0.717) is 42.7 Å². The van der Waals surface area contributed by atoms with Crippen LogP contribution in [-0.4, -0.2) is 58.8 Å². The lowest BCUT2D eigenvalue weighted by Crippen LogP contribution is -2.51. The largest absolute Gasteiger partial charge is 0.504 e. The van der Waals surface area contributed by atoms with Crippen molar-refractivity contribution in [1.29, 1.82) is 0 Å². The molecule has 2 fully saturated rings. The second-order valence-corrected chi connectivity index (χ2v) is 14.9. The zero-order valence-corrected chi connectivity index (χ0v) is 22.2. The maximum atomic E-state index is 6.01. The monoisotopic (exact) mass is 470 g/mol. The van der Waals surface area contributed by atoms with Crippen LogP contribution in [0.1, 0.15) is 46.5 Å². The van der Waals surface area contributed by atoms with Crippen LogP contribution in [0.3, 0.4) is 0 Å². The molecule has 6 unspecified atom stereocenters. The minimum absolute atomic E-state index is 0.470. The van der Waals surface area contributed by atoms with Crippen molar-refractivity contribution in [3.05, 3.63) is 24.3 Å². The first kappa shape index (κ1) is 25.3. The summed E-state index contributed by atoms with van der Waals surface area (Å²) < 4.78 is 34.6. The van der Waals surface area contributed by atoms with Crippen molar-refractivity contribution in [2.45, 2.75) is 57.5 Å². The predicted molar refractivity (Wildman–Crippen MR) is 126 cm³/mol. The van der Waals surface area contributed by atoms with Gasteiger partial charge in [-0.1, -0.05) is 24.3 Å². The van der Waals surface area contributed by atoms with Gasteiger partial charge in [-0.25, -0.2) is 0 Å². The van der Waals surface area contributed by atoms with E-state index in [9.17, 15) is 0 Å². The summed E-state index contributed by atoms with van der Waals surface area (Å²) in [5.41, 5.74) is 0.954. The van der Waals surface area contributed by atoms with Gasteiger partial charge in [0.1, 0.15) is 0 Å². The molecule has 0 aromatic carbocycles. The SMILES string of the molecule is CCO[Si](OCC)(OCC)C1CC2C=CC1C2.CO[Si](OC)(OC)C1CC2C=CC1C2. The second-order valence-electron chi connectivity index (χ2n) is 8.89. The molecule has 0 aromatic heterocycles. The molecule has 178 valence electrons. The molecule has 0 amide bonds. The number of hydrogen-bond acceptors (Lipinski definition) is 6. The van der Waals surface area contributed by atoms with E-state index in [0.717, 1.165) is 11.8 Å². The van der Waals surface area contributed by atoms with Gasteiger partial charge in [0.2, 0.25) is 0 Å². The van der Waals surface area contributed by atoms with Crippen LogP contribution in [-0.2, 0) is 26.6 Å². The van der Waals surface area contributed by atoms with Crippen molar-refractivity contribution < 1.29 is 26.6 Å². The predicted octanol–water partition coefficient (Wildman–Crippen LogP) is 4.83. The molecule has 4 aliphatic rings. The highest BCUT2D eigenvalue weighted by Gasteiger charge is 2.57. The molecule has 2 saturated carbocycles. The topological polar surface area (TPSA) is 55.4 Å². The fraction of sp³-hybridized carbons (Fsp3) is 0.826. The third kappa shape index (κ3) is 5.11. The highest BCUT2D eigenvalue weighted by molar-refractivity contribution is 6.63. The summed E-state index contributed by atoms with van der Waals surface area (Å²) >= 11 is 0. The minimum atomic E-state index is -2.47. The van der Waals surface area contributed by atoms with Gasteiger partial charge in [-0.15, -0.1) is 0 Å². The van der Waals surface area contributed by atoms with Gasteiger partial charge >= 0.3 is 17.6 Å². The number of hydrogen-bond donors (Lipinski definition) is 0. The van der Waals surface area contributed by atoms with Gasteiger partial charge in [-0.05, 0) is 70.1 Å². The first-order valence-corrected chi connectivity index (χ1v) is 15.6. The van der Waals surface area contributed by atoms with E-state index in [1.165, 1.54) is 25.7 Å². The first-order valence-electron chi connectivity index (χ1n) is 11.9. The van der Waals surface area contributed by atoms with Gasteiger partial charge in [0, 0.05) is 52.2 Å². The van der Waals surface area contributed by atoms with Gasteiger partial charge < -0.3 is 26.6 Å². The third-order valence-corrected chi connectivity index (χ3v) is 14.3. The van der Waals surface area contributed by atoms with E-state index in [4.69, 9.17) is 26.6 Å². The molecule has 0 saturated heterocycles. The molecule has 6 atom stereocenters. The molecule has 0 radical (unpaired) electrons. The van der Waals surface area contributed by atoms with Gasteiger partial charge in [-0.2, -0.15) is 0 Å². The van der Waals surface area contributed by atoms with E-state index in [2.05, 4.69) is 24.3 Å². The maximum Gasteiger partial charge on any atom is 0.504 e. The Balaban J connectivity index is 0.000000179. The van der Waals surface area contributed by atoms with E-state index in [-0.39, 0.29) is 0 Å². The molecule has 0 aromatic rings. The Kier molecular flexibility index (Phi) is 9.14. The molecule has 31 heavy (non-hydrogen) atoms. The summed E-state index contributed by atoms with van der Waals surface area (Å²) in [7, 11) is 0.253. The van der Waals surface area contributed by atoms with Crippen molar-refractivity contribution >= 4 is 17.6 Å². The van der Waals surface area contributed by atoms with Gasteiger partial charge in [0.05, 0.1) is 0 Å². The van der Waals surface area contributed by atoms with Crippen LogP contribution >= 0.6 is 0 Å². The number of rotatable bonds is 11. The molecule has 0 N–H and O–H groups in total. The summed E-state index contributed by atoms with van der Waals surface area (Å²) in [5, 5.41) is 0. The standard InChI is InChI=1S/C13H24O3Si.C10H18O3Si/c1-4-14-17(15-5-2,16-6-3)13-10-11-7-8-12(13)9-11;1-11-14(12-2,13-3)10-7-8-4-5-9(10)6-8/h7-8,11-13H,4-6,9-10H2,1-3H3;4-5,8-10H,6-7H2,1-3H3. The van der Waals surface area contributed by atoms with Crippen LogP contribution < -0.4 is 0 Å². The Morgan fingerprint density at radius 2 is 0.968 bits per heavy atom. The van der Waals surface area contributed by atoms with Crippen molar-refractivity contribution in [2.75, 3.05) is 41.2 Å². The van der Waals surface area contributed by atoms with Crippen molar-refractivity contribution in [3.8, 4) is 0 Å². The maximum absolute atomic E-state index is 6.01. The smallest absolute Gasteiger partial charge is 0.377 e. The van der Waals surface area contributed by atoms with Crippen LogP contribution in [0.25, 0.3) is 0 Å². The number of fused-ring (bicyclic) bond motifs is 4. The lowest BCUT2D eigenvalue weighted by molar-refractivity contribution is 0.0578. The van der Waals surface area contributed by atoms with E-state index in [1.54, 1.807) is 21.3 Å². The molecule has 4 bridgehead atoms. The van der Waals surface area contributed by atoms with E-state index in [1.807, 2.05) is 20.8 Å². The Morgan fingerprint density at radius 3 is 1.23 bits per heavy atom. The fourth-order valence-corrected chi connectivity index (χ4v) is 12.4. The molecular weight excluding hydrogens is 428 g/mol. The minimum Gasteiger partial charge on any atom is -0.377 e. The third-order valence-electron chi connectivity index (χ3n) is 7.36. The Morgan fingerprint density at radius 1 is 0.581 bits per heavy atom. The van der Waals surface area contributed by atoms with Gasteiger partial charge in [0.15, 0.2) is 0 Å². The average molecular weight is 471 g/mol. The average Bonchev–Trinajstić information content (AvgIpc) is 3.58. The zero-order valence-electron chi connectivity index (χ0n) is 20.2. The molecular formula is C23H42O6Si2. The normalized spacial score (nSPS) is 33.2. The number of allylic oxidation sites excluding steroid dienone is 4. The summed E-state index contributed by atoms with van der Waals surface area (Å²) in [6.07, 6.45) is 14.2. The highest BCUT2D eigenvalue weighted by atomic mass is 28.4. The Bertz CT molecular complexity index is 598. The van der Waals surface area contributed by atoms with Crippen molar-refractivity contribution in [3.63, 3.8) is 0 Å². The first-order chi connectivity index (χ1) is 15.0. The highest BCUT2D eigenvalue weighted by Crippen LogP contribution is 2.53. The van der Waals surface area contributed by atoms with Crippen LogP contribution in [0.5, 0.6) is 0 Å². The summed E-state index contributed by atoms with van der Waals surface area (Å²) in [6.45, 7) is 8.14. The second kappa shape index (κ2) is 11.2. The van der Waals surface area contributed by atoms with Crippen LogP contribution in [0.2, 0.25) is 11.1 Å². The lowest BCUT2D eigenvalue weighted by atomic mass is 10.1. The molecule has 0 heterocycles. The molecule has 4 aliphatic carbocycles. The summed E-state index contributed by atoms with van der Waals surface area (Å²) in [6, 6.07) is 0.